The van der Waals surface area contributed by atoms with Crippen LogP contribution in [0.5, 0.6) is 0 Å². The molecular weight excluding hydrogens is 182 g/mol. The zero-order valence-corrected chi connectivity index (χ0v) is 6.88. The minimum Gasteiger partial charge on any atom is -0.486 e. The van der Waals surface area contributed by atoms with Crippen LogP contribution in [0.4, 0.5) is 8.78 Å². The van der Waals surface area contributed by atoms with Crippen molar-refractivity contribution < 1.29 is 13.5 Å². The van der Waals surface area contributed by atoms with Gasteiger partial charge in [0, 0.05) is 0 Å². The van der Waals surface area contributed by atoms with Crippen LogP contribution >= 0.6 is 23.8 Å². The third-order valence-corrected chi connectivity index (χ3v) is 1.62. The average Bonchev–Trinajstić information content (AvgIpc) is 1.87. The summed E-state index contributed by atoms with van der Waals surface area (Å²) < 4.78 is 28.0. The number of ether oxygens (including phenoxy) is 1. The van der Waals surface area contributed by atoms with E-state index in [2.05, 4.69) is 17.0 Å². The second-order valence-electron chi connectivity index (χ2n) is 1.49. The fourth-order valence-corrected chi connectivity index (χ4v) is 0.608. The first kappa shape index (κ1) is 10.0. The van der Waals surface area contributed by atoms with Gasteiger partial charge in [0.1, 0.15) is 0 Å². The predicted octanol–water partition coefficient (Wildman–Crippen LogP) is 2.22. The lowest BCUT2D eigenvalue weighted by atomic mass is 10.5. The Morgan fingerprint density at radius 2 is 2.20 bits per heavy atom. The summed E-state index contributed by atoms with van der Waals surface area (Å²) in [5, 5.41) is -1.70. The highest BCUT2D eigenvalue weighted by atomic mass is 35.5. The topological polar surface area (TPSA) is 9.23 Å². The summed E-state index contributed by atoms with van der Waals surface area (Å²) in [6.45, 7) is 1.93. The summed E-state index contributed by atoms with van der Waals surface area (Å²) in [5.41, 5.74) is 0. The standard InChI is InChI=1S/C5H7ClF2OS/c1-2-9-5(10)3(6)4(7)8/h3-4H,2H2,1H3. The summed E-state index contributed by atoms with van der Waals surface area (Å²) in [5.74, 6) is 0. The van der Waals surface area contributed by atoms with Gasteiger partial charge in [-0.15, -0.1) is 11.6 Å². The zero-order chi connectivity index (χ0) is 8.15. The van der Waals surface area contributed by atoms with Crippen LogP contribution in [0.1, 0.15) is 6.92 Å². The Bertz CT molecular complexity index is 120. The van der Waals surface area contributed by atoms with Crippen molar-refractivity contribution in [2.45, 2.75) is 18.7 Å². The molecule has 0 aliphatic carbocycles. The fourth-order valence-electron chi connectivity index (χ4n) is 0.325. The van der Waals surface area contributed by atoms with E-state index in [0.29, 0.717) is 0 Å². The highest BCUT2D eigenvalue weighted by Gasteiger charge is 2.22. The Balaban J connectivity index is 3.71. The van der Waals surface area contributed by atoms with E-state index in [1.54, 1.807) is 6.92 Å². The van der Waals surface area contributed by atoms with Crippen LogP contribution in [0.3, 0.4) is 0 Å². The molecule has 0 aromatic carbocycles. The number of hydrogen-bond acceptors (Lipinski definition) is 2. The molecule has 1 nitrogen and oxygen atoms in total. The maximum Gasteiger partial charge on any atom is 0.262 e. The molecule has 0 fully saturated rings. The van der Waals surface area contributed by atoms with Crippen molar-refractivity contribution >= 4 is 28.9 Å². The molecule has 0 aliphatic heterocycles. The number of hydrogen-bond donors (Lipinski definition) is 0. The lowest BCUT2D eigenvalue weighted by Gasteiger charge is -2.09. The monoisotopic (exact) mass is 188 g/mol. The van der Waals surface area contributed by atoms with Gasteiger partial charge in [0.2, 0.25) is 0 Å². The molecular formula is C5H7ClF2OS. The molecule has 0 saturated heterocycles. The van der Waals surface area contributed by atoms with Gasteiger partial charge in [-0.2, -0.15) is 0 Å². The summed E-state index contributed by atoms with van der Waals surface area (Å²) in [6.07, 6.45) is -2.65. The SMILES string of the molecule is CCOC(=S)C(Cl)C(F)F. The Labute approximate surface area is 68.3 Å². The number of thiocarbonyl (C=S) groups is 1. The molecule has 0 rings (SSSR count). The van der Waals surface area contributed by atoms with E-state index in [9.17, 15) is 8.78 Å². The van der Waals surface area contributed by atoms with Crippen molar-refractivity contribution in [3.63, 3.8) is 0 Å². The maximum atomic E-state index is 11.7. The molecule has 0 saturated carbocycles. The van der Waals surface area contributed by atoms with Crippen LogP contribution in [0.15, 0.2) is 0 Å². The molecule has 0 radical (unpaired) electrons. The third-order valence-electron chi connectivity index (χ3n) is 0.733. The summed E-state index contributed by atoms with van der Waals surface area (Å²) in [6, 6.07) is 0. The molecule has 60 valence electrons. The zero-order valence-electron chi connectivity index (χ0n) is 5.31. The number of halogens is 3. The lowest BCUT2D eigenvalue weighted by Crippen LogP contribution is -2.23. The van der Waals surface area contributed by atoms with Crippen LogP contribution < -0.4 is 0 Å². The van der Waals surface area contributed by atoms with Gasteiger partial charge in [-0.3, -0.25) is 0 Å². The van der Waals surface area contributed by atoms with Crippen LogP contribution in [-0.4, -0.2) is 23.5 Å². The number of rotatable bonds is 3. The first-order chi connectivity index (χ1) is 4.59. The van der Waals surface area contributed by atoms with E-state index in [0.717, 1.165) is 0 Å². The van der Waals surface area contributed by atoms with Gasteiger partial charge < -0.3 is 4.74 Å². The van der Waals surface area contributed by atoms with Gasteiger partial charge in [-0.05, 0) is 19.1 Å². The first-order valence-electron chi connectivity index (χ1n) is 2.68. The van der Waals surface area contributed by atoms with Crippen molar-refractivity contribution in [3.05, 3.63) is 0 Å². The Hall–Kier alpha value is 0.0400. The van der Waals surface area contributed by atoms with E-state index in [4.69, 9.17) is 11.6 Å². The first-order valence-corrected chi connectivity index (χ1v) is 3.53. The predicted molar refractivity (Wildman–Crippen MR) is 39.9 cm³/mol. The van der Waals surface area contributed by atoms with Gasteiger partial charge in [-0.1, -0.05) is 0 Å². The Morgan fingerprint density at radius 3 is 2.50 bits per heavy atom. The summed E-state index contributed by atoms with van der Waals surface area (Å²) in [7, 11) is 0. The van der Waals surface area contributed by atoms with Gasteiger partial charge in [0.15, 0.2) is 10.4 Å². The normalized spacial score (nSPS) is 13.3. The van der Waals surface area contributed by atoms with Crippen LogP contribution in [0.25, 0.3) is 0 Å². The largest absolute Gasteiger partial charge is 0.486 e. The van der Waals surface area contributed by atoms with Crippen molar-refractivity contribution in [3.8, 4) is 0 Å². The molecule has 0 bridgehead atoms. The average molecular weight is 189 g/mol. The minimum absolute atomic E-state index is 0.237. The molecule has 5 heteroatoms. The maximum absolute atomic E-state index is 11.7. The van der Waals surface area contributed by atoms with Crippen molar-refractivity contribution in [1.82, 2.24) is 0 Å². The molecule has 0 N–H and O–H groups in total. The van der Waals surface area contributed by atoms with Crippen molar-refractivity contribution in [1.29, 1.82) is 0 Å². The minimum atomic E-state index is -2.65. The summed E-state index contributed by atoms with van der Waals surface area (Å²) in [4.78, 5) is 0. The van der Waals surface area contributed by atoms with E-state index in [-0.39, 0.29) is 11.7 Å². The van der Waals surface area contributed by atoms with Gasteiger partial charge in [-0.25, -0.2) is 8.78 Å². The molecule has 0 aromatic rings. The third kappa shape index (κ3) is 3.27. The molecule has 0 aliphatic rings. The molecule has 0 heterocycles. The molecule has 10 heavy (non-hydrogen) atoms. The van der Waals surface area contributed by atoms with E-state index in [1.807, 2.05) is 0 Å². The Kier molecular flexibility index (Phi) is 4.81. The lowest BCUT2D eigenvalue weighted by molar-refractivity contribution is 0.152. The molecule has 1 atom stereocenters. The Morgan fingerprint density at radius 1 is 1.70 bits per heavy atom. The molecule has 0 spiro atoms. The second kappa shape index (κ2) is 4.79. The molecule has 1 unspecified atom stereocenters. The van der Waals surface area contributed by atoms with E-state index in [1.165, 1.54) is 0 Å². The highest BCUT2D eigenvalue weighted by molar-refractivity contribution is 7.80. The quantitative estimate of drug-likeness (QED) is 0.496. The van der Waals surface area contributed by atoms with Crippen molar-refractivity contribution in [2.24, 2.45) is 0 Å². The highest BCUT2D eigenvalue weighted by Crippen LogP contribution is 2.11. The van der Waals surface area contributed by atoms with Crippen molar-refractivity contribution in [2.75, 3.05) is 6.61 Å². The summed E-state index contributed by atoms with van der Waals surface area (Å²) >= 11 is 9.55. The smallest absolute Gasteiger partial charge is 0.262 e. The van der Waals surface area contributed by atoms with Gasteiger partial charge >= 0.3 is 0 Å². The number of alkyl halides is 3. The second-order valence-corrected chi connectivity index (χ2v) is 2.36. The van der Waals surface area contributed by atoms with E-state index < -0.39 is 11.8 Å². The van der Waals surface area contributed by atoms with Crippen LogP contribution in [0, 0.1) is 0 Å². The van der Waals surface area contributed by atoms with Crippen LogP contribution in [-0.2, 0) is 4.74 Å². The van der Waals surface area contributed by atoms with Gasteiger partial charge in [0.05, 0.1) is 6.61 Å². The fraction of sp³-hybridized carbons (Fsp3) is 0.800. The van der Waals surface area contributed by atoms with Gasteiger partial charge in [0.25, 0.3) is 6.43 Å². The van der Waals surface area contributed by atoms with E-state index >= 15 is 0 Å². The molecule has 0 amide bonds. The molecule has 0 aromatic heterocycles. The van der Waals surface area contributed by atoms with Crippen LogP contribution in [0.2, 0.25) is 0 Å².